The maximum atomic E-state index is 12.5. The molecule has 2 amide bonds. The van der Waals surface area contributed by atoms with E-state index in [4.69, 9.17) is 23.7 Å². The first-order chi connectivity index (χ1) is 18.8. The zero-order chi connectivity index (χ0) is 28.4. The fourth-order valence-electron chi connectivity index (χ4n) is 3.32. The summed E-state index contributed by atoms with van der Waals surface area (Å²) in [7, 11) is 5.77. The van der Waals surface area contributed by atoms with Gasteiger partial charge in [-0.15, -0.1) is 0 Å². The first kappa shape index (κ1) is 29.2. The molecule has 3 aromatic carbocycles. The lowest BCUT2D eigenvalue weighted by Crippen LogP contribution is -2.34. The molecule has 0 aliphatic carbocycles. The summed E-state index contributed by atoms with van der Waals surface area (Å²) in [6, 6.07) is 14.8. The molecule has 0 spiro atoms. The lowest BCUT2D eigenvalue weighted by atomic mass is 10.1. The number of nitrogens with zero attached hydrogens (tertiary/aromatic N) is 1. The van der Waals surface area contributed by atoms with Crippen molar-refractivity contribution in [1.82, 2.24) is 10.7 Å². The largest absolute Gasteiger partial charge is 0.493 e. The van der Waals surface area contributed by atoms with Crippen molar-refractivity contribution in [2.75, 3.05) is 35.0 Å². The summed E-state index contributed by atoms with van der Waals surface area (Å²) in [5.41, 5.74) is 3.56. The maximum Gasteiger partial charge on any atom is 0.344 e. The van der Waals surface area contributed by atoms with Crippen molar-refractivity contribution in [3.63, 3.8) is 0 Å². The van der Waals surface area contributed by atoms with Gasteiger partial charge in [0.05, 0.1) is 46.8 Å². The first-order valence-corrected chi connectivity index (χ1v) is 12.4. The molecule has 0 atom stereocenters. The van der Waals surface area contributed by atoms with Gasteiger partial charge in [0.1, 0.15) is 0 Å². The number of esters is 1. The van der Waals surface area contributed by atoms with Crippen molar-refractivity contribution >= 4 is 46.6 Å². The number of hydrazone groups is 1. The molecule has 0 saturated carbocycles. The van der Waals surface area contributed by atoms with Gasteiger partial charge in [0, 0.05) is 9.13 Å². The molecule has 0 aromatic heterocycles. The quantitative estimate of drug-likeness (QED) is 0.106. The fraction of sp³-hybridized carbons (Fsp3) is 0.185. The van der Waals surface area contributed by atoms with E-state index in [0.29, 0.717) is 34.1 Å². The van der Waals surface area contributed by atoms with Gasteiger partial charge in [-0.1, -0.05) is 12.1 Å². The number of halogens is 1. The van der Waals surface area contributed by atoms with E-state index in [1.54, 1.807) is 36.4 Å². The summed E-state index contributed by atoms with van der Waals surface area (Å²) in [6.45, 7) is -0.330. The zero-order valence-electron chi connectivity index (χ0n) is 21.6. The number of carbonyl (C=O) groups excluding carboxylic acids is 3. The van der Waals surface area contributed by atoms with E-state index >= 15 is 0 Å². The monoisotopic (exact) mass is 647 g/mol. The average Bonchev–Trinajstić information content (AvgIpc) is 2.95. The summed E-state index contributed by atoms with van der Waals surface area (Å²) in [6.07, 6.45) is 1.38. The second kappa shape index (κ2) is 14.0. The molecule has 2 N–H and O–H groups in total. The molecule has 0 heterocycles. The normalized spacial score (nSPS) is 10.5. The Kier molecular flexibility index (Phi) is 10.5. The van der Waals surface area contributed by atoms with E-state index in [0.717, 1.165) is 3.57 Å². The second-order valence-corrected chi connectivity index (χ2v) is 8.83. The summed E-state index contributed by atoms with van der Waals surface area (Å²) >= 11 is 2.06. The summed E-state index contributed by atoms with van der Waals surface area (Å²) in [5, 5.41) is 6.40. The molecule has 204 valence electrons. The van der Waals surface area contributed by atoms with Crippen molar-refractivity contribution in [3.05, 3.63) is 74.9 Å². The topological polar surface area (TPSA) is 134 Å². The molecule has 0 aliphatic heterocycles. The Morgan fingerprint density at radius 3 is 2.13 bits per heavy atom. The molecule has 0 fully saturated rings. The van der Waals surface area contributed by atoms with Crippen LogP contribution in [0.15, 0.2) is 59.7 Å². The Balaban J connectivity index is 1.57. The standard InChI is InChI=1S/C27H26IN3O8/c1-35-21-11-16(9-10-20(21)39-27(34)18-7-5-6-8-19(18)28)14-30-31-24(32)15-29-26(33)17-12-22(36-2)25(38-4)23(13-17)37-3/h5-14H,15H2,1-4H3,(H,29,33)(H,31,32)/b30-14-. The van der Waals surface area contributed by atoms with Gasteiger partial charge in [-0.3, -0.25) is 9.59 Å². The molecule has 0 unspecified atom stereocenters. The number of hydrogen-bond donors (Lipinski definition) is 2. The van der Waals surface area contributed by atoms with E-state index in [1.165, 1.54) is 46.8 Å². The number of benzene rings is 3. The van der Waals surface area contributed by atoms with Gasteiger partial charge in [-0.05, 0) is 70.6 Å². The van der Waals surface area contributed by atoms with Crippen LogP contribution < -0.4 is 34.4 Å². The molecule has 11 nitrogen and oxygen atoms in total. The second-order valence-electron chi connectivity index (χ2n) is 7.67. The van der Waals surface area contributed by atoms with Crippen LogP contribution in [0.25, 0.3) is 0 Å². The van der Waals surface area contributed by atoms with Crippen molar-refractivity contribution in [3.8, 4) is 28.7 Å². The smallest absolute Gasteiger partial charge is 0.344 e. The third kappa shape index (κ3) is 7.60. The van der Waals surface area contributed by atoms with Crippen molar-refractivity contribution in [2.45, 2.75) is 0 Å². The number of amides is 2. The van der Waals surface area contributed by atoms with Crippen molar-refractivity contribution in [2.24, 2.45) is 5.10 Å². The van der Waals surface area contributed by atoms with Gasteiger partial charge in [0.25, 0.3) is 11.8 Å². The van der Waals surface area contributed by atoms with Gasteiger partial charge in [0.2, 0.25) is 5.75 Å². The van der Waals surface area contributed by atoms with Crippen LogP contribution in [0.3, 0.4) is 0 Å². The molecule has 0 bridgehead atoms. The minimum atomic E-state index is -0.554. The van der Waals surface area contributed by atoms with Crippen LogP contribution in [0.4, 0.5) is 0 Å². The van der Waals surface area contributed by atoms with Crippen LogP contribution in [-0.2, 0) is 4.79 Å². The van der Waals surface area contributed by atoms with E-state index in [-0.39, 0.29) is 17.9 Å². The van der Waals surface area contributed by atoms with Crippen LogP contribution in [-0.4, -0.2) is 59.0 Å². The number of hydrogen-bond acceptors (Lipinski definition) is 9. The number of ether oxygens (including phenoxy) is 5. The third-order valence-electron chi connectivity index (χ3n) is 5.22. The average molecular weight is 647 g/mol. The van der Waals surface area contributed by atoms with Crippen LogP contribution in [0.5, 0.6) is 28.7 Å². The minimum absolute atomic E-state index is 0.218. The Hall–Kier alpha value is -4.33. The molecule has 3 aromatic rings. The summed E-state index contributed by atoms with van der Waals surface area (Å²) < 4.78 is 27.3. The lowest BCUT2D eigenvalue weighted by molar-refractivity contribution is -0.120. The first-order valence-electron chi connectivity index (χ1n) is 11.4. The van der Waals surface area contributed by atoms with Gasteiger partial charge in [0.15, 0.2) is 23.0 Å². The predicted molar refractivity (Wildman–Crippen MR) is 151 cm³/mol. The highest BCUT2D eigenvalue weighted by Crippen LogP contribution is 2.38. The van der Waals surface area contributed by atoms with Crippen LogP contribution >= 0.6 is 22.6 Å². The number of methoxy groups -OCH3 is 4. The fourth-order valence-corrected chi connectivity index (χ4v) is 3.93. The van der Waals surface area contributed by atoms with Crippen LogP contribution in [0.2, 0.25) is 0 Å². The van der Waals surface area contributed by atoms with E-state index < -0.39 is 17.8 Å². The zero-order valence-corrected chi connectivity index (χ0v) is 23.7. The molecule has 0 saturated heterocycles. The Labute approximate surface area is 238 Å². The maximum absolute atomic E-state index is 12.5. The molecule has 39 heavy (non-hydrogen) atoms. The Morgan fingerprint density at radius 2 is 1.51 bits per heavy atom. The van der Waals surface area contributed by atoms with Crippen molar-refractivity contribution in [1.29, 1.82) is 0 Å². The Morgan fingerprint density at radius 1 is 0.846 bits per heavy atom. The van der Waals surface area contributed by atoms with Gasteiger partial charge in [-0.2, -0.15) is 5.10 Å². The highest BCUT2D eigenvalue weighted by atomic mass is 127. The molecule has 12 heteroatoms. The molecule has 0 radical (unpaired) electrons. The summed E-state index contributed by atoms with van der Waals surface area (Å²) in [4.78, 5) is 37.2. The van der Waals surface area contributed by atoms with E-state index in [2.05, 4.69) is 38.4 Å². The SMILES string of the molecule is COc1cc(/C=N\NC(=O)CNC(=O)c2cc(OC)c(OC)c(OC)c2)ccc1OC(=O)c1ccccc1I. The highest BCUT2D eigenvalue weighted by molar-refractivity contribution is 14.1. The van der Waals surface area contributed by atoms with Gasteiger partial charge < -0.3 is 29.0 Å². The molecule has 0 aliphatic rings. The van der Waals surface area contributed by atoms with E-state index in [9.17, 15) is 14.4 Å². The number of nitrogens with one attached hydrogen (secondary N) is 2. The van der Waals surface area contributed by atoms with Crippen molar-refractivity contribution < 1.29 is 38.1 Å². The van der Waals surface area contributed by atoms with E-state index in [1.807, 2.05) is 6.07 Å². The predicted octanol–water partition coefficient (Wildman–Crippen LogP) is 3.42. The van der Waals surface area contributed by atoms with Gasteiger partial charge in [-0.25, -0.2) is 10.2 Å². The van der Waals surface area contributed by atoms with Crippen LogP contribution in [0.1, 0.15) is 26.3 Å². The lowest BCUT2D eigenvalue weighted by Gasteiger charge is -2.14. The Bertz CT molecular complexity index is 1370. The minimum Gasteiger partial charge on any atom is -0.493 e. The van der Waals surface area contributed by atoms with Gasteiger partial charge >= 0.3 is 5.97 Å². The number of carbonyl (C=O) groups is 3. The number of rotatable bonds is 11. The molecule has 3 rings (SSSR count). The highest BCUT2D eigenvalue weighted by Gasteiger charge is 2.18. The molecular formula is C27H26IN3O8. The van der Waals surface area contributed by atoms with Crippen LogP contribution in [0, 0.1) is 3.57 Å². The summed E-state index contributed by atoms with van der Waals surface area (Å²) in [5.74, 6) is -0.0855. The third-order valence-corrected chi connectivity index (χ3v) is 6.16. The molecular weight excluding hydrogens is 621 g/mol.